The highest BCUT2D eigenvalue weighted by atomic mass is 32.1. The van der Waals surface area contributed by atoms with Crippen LogP contribution in [-0.4, -0.2) is 21.0 Å². The number of carboxylic acids is 1. The van der Waals surface area contributed by atoms with E-state index < -0.39 is 5.97 Å². The van der Waals surface area contributed by atoms with E-state index in [1.165, 1.54) is 0 Å². The standard InChI is InChI=1S/C24H21N3O2S/c1-3-20-15(2)25-24(21-5-4-12-30-21)27-23(20)26-19-10-9-17-13-16(7-11-22(28)29)6-8-18(17)14-19/h4-14H,3H2,1-2H3,(H,28,29)(H,25,26,27). The zero-order valence-corrected chi connectivity index (χ0v) is 17.5. The highest BCUT2D eigenvalue weighted by molar-refractivity contribution is 7.13. The van der Waals surface area contributed by atoms with E-state index in [-0.39, 0.29) is 0 Å². The lowest BCUT2D eigenvalue weighted by molar-refractivity contribution is -0.131. The van der Waals surface area contributed by atoms with Crippen molar-refractivity contribution in [1.82, 2.24) is 9.97 Å². The molecule has 2 aromatic carbocycles. The normalized spacial score (nSPS) is 11.3. The molecule has 0 radical (unpaired) electrons. The number of hydrogen-bond donors (Lipinski definition) is 2. The molecular weight excluding hydrogens is 394 g/mol. The number of fused-ring (bicyclic) bond motifs is 1. The predicted octanol–water partition coefficient (Wildman–Crippen LogP) is 6.07. The van der Waals surface area contributed by atoms with Gasteiger partial charge in [-0.25, -0.2) is 14.8 Å². The first kappa shape index (κ1) is 19.8. The Balaban J connectivity index is 1.68. The molecule has 4 rings (SSSR count). The molecule has 0 aliphatic rings. The highest BCUT2D eigenvalue weighted by Gasteiger charge is 2.13. The minimum atomic E-state index is -0.955. The predicted molar refractivity (Wildman–Crippen MR) is 123 cm³/mol. The number of carboxylic acid groups (broad SMARTS) is 1. The summed E-state index contributed by atoms with van der Waals surface area (Å²) in [7, 11) is 0. The fourth-order valence-corrected chi connectivity index (χ4v) is 4.05. The molecule has 150 valence electrons. The van der Waals surface area contributed by atoms with Gasteiger partial charge in [-0.3, -0.25) is 0 Å². The molecule has 5 nitrogen and oxygen atoms in total. The lowest BCUT2D eigenvalue weighted by atomic mass is 10.1. The van der Waals surface area contributed by atoms with Gasteiger partial charge >= 0.3 is 5.97 Å². The molecule has 6 heteroatoms. The molecule has 0 bridgehead atoms. The molecule has 0 atom stereocenters. The van der Waals surface area contributed by atoms with Crippen LogP contribution in [0.4, 0.5) is 11.5 Å². The van der Waals surface area contributed by atoms with Crippen LogP contribution in [0.5, 0.6) is 0 Å². The maximum Gasteiger partial charge on any atom is 0.328 e. The molecule has 30 heavy (non-hydrogen) atoms. The van der Waals surface area contributed by atoms with Gasteiger partial charge in [0.15, 0.2) is 5.82 Å². The number of thiophene rings is 1. The monoisotopic (exact) mass is 415 g/mol. The first-order valence-corrected chi connectivity index (χ1v) is 10.5. The number of carbonyl (C=O) groups is 1. The van der Waals surface area contributed by atoms with E-state index in [4.69, 9.17) is 10.1 Å². The van der Waals surface area contributed by atoms with E-state index in [1.807, 2.05) is 54.8 Å². The molecule has 4 aromatic rings. The topological polar surface area (TPSA) is 75.1 Å². The van der Waals surface area contributed by atoms with Crippen molar-refractivity contribution in [1.29, 1.82) is 0 Å². The van der Waals surface area contributed by atoms with Gasteiger partial charge in [0.2, 0.25) is 0 Å². The third kappa shape index (κ3) is 4.23. The summed E-state index contributed by atoms with van der Waals surface area (Å²) in [5.41, 5.74) is 3.88. The van der Waals surface area contributed by atoms with Crippen LogP contribution < -0.4 is 5.32 Å². The minimum absolute atomic E-state index is 0.734. The van der Waals surface area contributed by atoms with Gasteiger partial charge in [-0.2, -0.15) is 0 Å². The second kappa shape index (κ2) is 8.47. The zero-order chi connectivity index (χ0) is 21.1. The summed E-state index contributed by atoms with van der Waals surface area (Å²) < 4.78 is 0. The fraction of sp³-hybridized carbons (Fsp3) is 0.125. The second-order valence-electron chi connectivity index (χ2n) is 6.91. The van der Waals surface area contributed by atoms with E-state index >= 15 is 0 Å². The summed E-state index contributed by atoms with van der Waals surface area (Å²) in [6.45, 7) is 4.13. The zero-order valence-electron chi connectivity index (χ0n) is 16.7. The van der Waals surface area contributed by atoms with Crippen molar-refractivity contribution in [3.8, 4) is 10.7 Å². The van der Waals surface area contributed by atoms with Crippen molar-refractivity contribution < 1.29 is 9.90 Å². The van der Waals surface area contributed by atoms with Crippen LogP contribution in [0.3, 0.4) is 0 Å². The lowest BCUT2D eigenvalue weighted by Crippen LogP contribution is -2.04. The van der Waals surface area contributed by atoms with E-state index in [9.17, 15) is 4.79 Å². The van der Waals surface area contributed by atoms with Gasteiger partial charge in [-0.15, -0.1) is 11.3 Å². The van der Waals surface area contributed by atoms with Crippen molar-refractivity contribution in [3.05, 3.63) is 76.8 Å². The van der Waals surface area contributed by atoms with E-state index in [1.54, 1.807) is 17.4 Å². The van der Waals surface area contributed by atoms with E-state index in [0.29, 0.717) is 0 Å². The summed E-state index contributed by atoms with van der Waals surface area (Å²) >= 11 is 1.63. The summed E-state index contributed by atoms with van der Waals surface area (Å²) in [5, 5.41) is 16.4. The minimum Gasteiger partial charge on any atom is -0.478 e. The van der Waals surface area contributed by atoms with Gasteiger partial charge in [0.25, 0.3) is 0 Å². The Kier molecular flexibility index (Phi) is 5.59. The molecule has 0 unspecified atom stereocenters. The lowest BCUT2D eigenvalue weighted by Gasteiger charge is -2.14. The second-order valence-corrected chi connectivity index (χ2v) is 7.86. The Morgan fingerprint density at radius 2 is 1.93 bits per heavy atom. The first-order valence-electron chi connectivity index (χ1n) is 9.66. The number of nitrogens with zero attached hydrogens (tertiary/aromatic N) is 2. The quantitative estimate of drug-likeness (QED) is 0.374. The highest BCUT2D eigenvalue weighted by Crippen LogP contribution is 2.29. The molecule has 0 aliphatic carbocycles. The number of aromatic nitrogens is 2. The van der Waals surface area contributed by atoms with Crippen molar-refractivity contribution in [2.75, 3.05) is 5.32 Å². The molecule has 0 fully saturated rings. The number of aliphatic carboxylic acids is 1. The molecule has 0 saturated heterocycles. The van der Waals surface area contributed by atoms with Crippen LogP contribution in [0.25, 0.3) is 27.6 Å². The van der Waals surface area contributed by atoms with Crippen LogP contribution in [0.2, 0.25) is 0 Å². The Hall–Kier alpha value is -3.51. The molecule has 0 spiro atoms. The van der Waals surface area contributed by atoms with Crippen molar-refractivity contribution in [3.63, 3.8) is 0 Å². The number of hydrogen-bond acceptors (Lipinski definition) is 5. The largest absolute Gasteiger partial charge is 0.478 e. The average molecular weight is 416 g/mol. The summed E-state index contributed by atoms with van der Waals surface area (Å²) in [5.74, 6) is 0.607. The summed E-state index contributed by atoms with van der Waals surface area (Å²) in [6, 6.07) is 16.0. The Morgan fingerprint density at radius 3 is 2.67 bits per heavy atom. The van der Waals surface area contributed by atoms with Gasteiger partial charge in [0, 0.05) is 23.0 Å². The summed E-state index contributed by atoms with van der Waals surface area (Å²) in [6.07, 6.45) is 3.58. The molecular formula is C24H21N3O2S. The fourth-order valence-electron chi connectivity index (χ4n) is 3.39. The van der Waals surface area contributed by atoms with Gasteiger partial charge < -0.3 is 10.4 Å². The SMILES string of the molecule is CCc1c(C)nc(-c2cccs2)nc1Nc1ccc2cc(C=CC(=O)O)ccc2c1. The average Bonchev–Trinajstić information content (AvgIpc) is 3.27. The number of benzene rings is 2. The van der Waals surface area contributed by atoms with E-state index in [0.717, 1.165) is 62.3 Å². The number of nitrogens with one attached hydrogen (secondary N) is 1. The number of aryl methyl sites for hydroxylation is 1. The third-order valence-corrected chi connectivity index (χ3v) is 5.72. The molecule has 2 heterocycles. The smallest absolute Gasteiger partial charge is 0.328 e. The molecule has 0 aliphatic heterocycles. The first-order chi connectivity index (χ1) is 14.5. The molecule has 2 N–H and O–H groups in total. The summed E-state index contributed by atoms with van der Waals surface area (Å²) in [4.78, 5) is 21.3. The Bertz CT molecular complexity index is 1250. The van der Waals surface area contributed by atoms with Gasteiger partial charge in [-0.1, -0.05) is 31.2 Å². The van der Waals surface area contributed by atoms with Gasteiger partial charge in [0.1, 0.15) is 5.82 Å². The van der Waals surface area contributed by atoms with Crippen LogP contribution in [0.15, 0.2) is 60.0 Å². The maximum absolute atomic E-state index is 10.7. The van der Waals surface area contributed by atoms with Crippen LogP contribution in [-0.2, 0) is 11.2 Å². The van der Waals surface area contributed by atoms with Crippen molar-refractivity contribution in [2.45, 2.75) is 20.3 Å². The van der Waals surface area contributed by atoms with Crippen LogP contribution in [0, 0.1) is 6.92 Å². The Labute approximate surface area is 178 Å². The van der Waals surface area contributed by atoms with Gasteiger partial charge in [0.05, 0.1) is 4.88 Å². The van der Waals surface area contributed by atoms with Crippen molar-refractivity contribution in [2.24, 2.45) is 0 Å². The Morgan fingerprint density at radius 1 is 1.13 bits per heavy atom. The van der Waals surface area contributed by atoms with Crippen LogP contribution in [0.1, 0.15) is 23.7 Å². The molecule has 2 aromatic heterocycles. The molecule has 0 saturated carbocycles. The van der Waals surface area contributed by atoms with Gasteiger partial charge in [-0.05, 0) is 65.4 Å². The number of anilines is 2. The van der Waals surface area contributed by atoms with Crippen LogP contribution >= 0.6 is 11.3 Å². The van der Waals surface area contributed by atoms with E-state index in [2.05, 4.69) is 23.3 Å². The number of rotatable bonds is 6. The third-order valence-electron chi connectivity index (χ3n) is 4.85. The maximum atomic E-state index is 10.7. The van der Waals surface area contributed by atoms with Crippen molar-refractivity contribution >= 4 is 45.7 Å². The molecule has 0 amide bonds.